The molecule has 5 rings (SSSR count). The number of aromatic amines is 1. The summed E-state index contributed by atoms with van der Waals surface area (Å²) in [6.07, 6.45) is 4.22. The number of nitrogen functional groups attached to an aromatic ring is 1. The number of aliphatic imine (C=N–C) groups is 1. The third kappa shape index (κ3) is 12.5. The lowest BCUT2D eigenvalue weighted by Crippen LogP contribution is -2.12. The van der Waals surface area contributed by atoms with E-state index in [0.29, 0.717) is 50.3 Å². The molecule has 0 atom stereocenters. The molecule has 2 heterocycles. The zero-order chi connectivity index (χ0) is 38.3. The summed E-state index contributed by atoms with van der Waals surface area (Å²) in [6.45, 7) is 9.95. The van der Waals surface area contributed by atoms with Crippen molar-refractivity contribution in [3.63, 3.8) is 0 Å². The largest absolute Gasteiger partial charge is 0.507 e. The summed E-state index contributed by atoms with van der Waals surface area (Å²) in [6, 6.07) is 17.8. The number of carbonyl (C=O) groups is 1. The molecule has 0 saturated carbocycles. The number of sulfone groups is 1. The van der Waals surface area contributed by atoms with Gasteiger partial charge in [0, 0.05) is 36.3 Å². The van der Waals surface area contributed by atoms with Crippen molar-refractivity contribution in [2.24, 2.45) is 10.9 Å². The van der Waals surface area contributed by atoms with Gasteiger partial charge in [0.1, 0.15) is 16.7 Å². The number of hydrogen-bond donors (Lipinski definition) is 5. The SMILES string of the molecule is C=CC(=NC)OC.CC(C)C.CNC.CS(=O)(=O)c1ccc(NC(=O)c2ccc3nc(-c4cc(-c5cccnc5Cl)ccc4O)[nH]c3c2)cc1N. The third-order valence-corrected chi connectivity index (χ3v) is 7.81. The molecule has 0 aliphatic heterocycles. The van der Waals surface area contributed by atoms with E-state index in [4.69, 9.17) is 17.3 Å². The molecule has 1 amide bonds. The number of methoxy groups -OCH3 is 1. The first kappa shape index (κ1) is 41.9. The van der Waals surface area contributed by atoms with Crippen LogP contribution in [0.3, 0.4) is 0 Å². The van der Waals surface area contributed by atoms with Crippen molar-refractivity contribution in [2.75, 3.05) is 45.6 Å². The Bertz CT molecular complexity index is 2080. The zero-order valence-electron chi connectivity index (χ0n) is 30.1. The lowest BCUT2D eigenvalue weighted by Gasteiger charge is -2.09. The molecular formula is C37H46ClN7O5S. The molecule has 12 nitrogen and oxygen atoms in total. The van der Waals surface area contributed by atoms with Gasteiger partial charge in [-0.3, -0.25) is 9.79 Å². The molecule has 2 aromatic heterocycles. The van der Waals surface area contributed by atoms with Crippen LogP contribution in [-0.2, 0) is 14.6 Å². The number of nitrogens with two attached hydrogens (primary N) is 1. The first-order valence-electron chi connectivity index (χ1n) is 15.7. The van der Waals surface area contributed by atoms with Crippen LogP contribution in [0.2, 0.25) is 5.15 Å². The maximum absolute atomic E-state index is 12.9. The normalized spacial score (nSPS) is 10.9. The molecule has 51 heavy (non-hydrogen) atoms. The fraction of sp³-hybridized carbons (Fsp3) is 0.243. The van der Waals surface area contributed by atoms with Gasteiger partial charge in [-0.15, -0.1) is 0 Å². The third-order valence-electron chi connectivity index (χ3n) is 6.34. The number of phenolic OH excluding ortho intramolecular Hbond substituents is 1. The number of ether oxygens (including phenoxy) is 1. The van der Waals surface area contributed by atoms with Crippen LogP contribution in [0.4, 0.5) is 11.4 Å². The Morgan fingerprint density at radius 3 is 2.27 bits per heavy atom. The van der Waals surface area contributed by atoms with E-state index in [-0.39, 0.29) is 16.3 Å². The highest BCUT2D eigenvalue weighted by atomic mass is 35.5. The number of carbonyl (C=O) groups excluding carboxylic acids is 1. The number of nitrogens with zero attached hydrogens (tertiary/aromatic N) is 3. The number of halogens is 1. The molecule has 0 bridgehead atoms. The number of aromatic hydroxyl groups is 1. The summed E-state index contributed by atoms with van der Waals surface area (Å²) in [5.74, 6) is 1.42. The Kier molecular flexibility index (Phi) is 16.3. The molecule has 0 aliphatic carbocycles. The summed E-state index contributed by atoms with van der Waals surface area (Å²) in [5, 5.41) is 16.3. The van der Waals surface area contributed by atoms with E-state index in [1.54, 1.807) is 68.9 Å². The lowest BCUT2D eigenvalue weighted by molar-refractivity contribution is 0.102. The quantitative estimate of drug-likeness (QED) is 0.0519. The number of hydrogen-bond acceptors (Lipinski definition) is 10. The second kappa shape index (κ2) is 19.8. The van der Waals surface area contributed by atoms with E-state index in [9.17, 15) is 18.3 Å². The van der Waals surface area contributed by atoms with Crippen molar-refractivity contribution >= 4 is 55.7 Å². The average Bonchev–Trinajstić information content (AvgIpc) is 3.49. The molecule has 5 aromatic rings. The van der Waals surface area contributed by atoms with Gasteiger partial charge in [0.05, 0.1) is 34.3 Å². The molecule has 0 aliphatic rings. The Hall–Kier alpha value is -5.24. The summed E-state index contributed by atoms with van der Waals surface area (Å²) in [4.78, 5) is 28.4. The highest BCUT2D eigenvalue weighted by molar-refractivity contribution is 7.90. The standard InChI is InChI=1S/C26H20ClN5O4S.C5H9NO.C4H10.C2H7N/c1-37(35,36)23-9-6-16(13-19(23)28)30-26(34)15-4-7-20-21(12-15)32-25(31-20)18-11-14(5-8-22(18)33)17-3-2-10-29-24(17)27;1-4-5(6-2)7-3;1-4(2)3;1-3-2/h2-13,33H,28H2,1H3,(H,30,34)(H,31,32);4H,1H2,2-3H3;4H,1-3H3;3H,1-2H3. The average molecular weight is 736 g/mol. The Labute approximate surface area is 304 Å². The van der Waals surface area contributed by atoms with Crippen LogP contribution in [0.1, 0.15) is 31.1 Å². The highest BCUT2D eigenvalue weighted by Crippen LogP contribution is 2.35. The minimum atomic E-state index is -3.48. The number of fused-ring (bicyclic) bond motifs is 1. The summed E-state index contributed by atoms with van der Waals surface area (Å²) < 4.78 is 28.2. The first-order chi connectivity index (χ1) is 24.1. The van der Waals surface area contributed by atoms with Crippen molar-refractivity contribution in [3.8, 4) is 28.3 Å². The molecule has 0 spiro atoms. The van der Waals surface area contributed by atoms with E-state index < -0.39 is 15.7 Å². The van der Waals surface area contributed by atoms with Gasteiger partial charge in [0.2, 0.25) is 5.90 Å². The van der Waals surface area contributed by atoms with E-state index in [0.717, 1.165) is 17.7 Å². The molecular weight excluding hydrogens is 690 g/mol. The fourth-order valence-corrected chi connectivity index (χ4v) is 5.24. The lowest BCUT2D eigenvalue weighted by atomic mass is 10.0. The Morgan fingerprint density at radius 2 is 1.75 bits per heavy atom. The van der Waals surface area contributed by atoms with Crippen LogP contribution in [-0.4, -0.2) is 74.8 Å². The predicted octanol–water partition coefficient (Wildman–Crippen LogP) is 7.23. The minimum Gasteiger partial charge on any atom is -0.507 e. The number of aromatic nitrogens is 3. The van der Waals surface area contributed by atoms with Crippen molar-refractivity contribution in [3.05, 3.63) is 96.3 Å². The van der Waals surface area contributed by atoms with Gasteiger partial charge in [-0.05, 0) is 92.3 Å². The number of amides is 1. The molecule has 0 fully saturated rings. The van der Waals surface area contributed by atoms with E-state index >= 15 is 0 Å². The van der Waals surface area contributed by atoms with Gasteiger partial charge in [-0.25, -0.2) is 18.4 Å². The maximum atomic E-state index is 12.9. The van der Waals surface area contributed by atoms with Gasteiger partial charge in [-0.2, -0.15) is 0 Å². The van der Waals surface area contributed by atoms with Gasteiger partial charge in [0.25, 0.3) is 5.91 Å². The smallest absolute Gasteiger partial charge is 0.255 e. The van der Waals surface area contributed by atoms with E-state index in [1.165, 1.54) is 18.2 Å². The molecule has 3 aromatic carbocycles. The number of pyridine rings is 1. The number of benzene rings is 3. The minimum absolute atomic E-state index is 0.00460. The van der Waals surface area contributed by atoms with Gasteiger partial charge in [0.15, 0.2) is 9.84 Å². The molecule has 14 heteroatoms. The Balaban J connectivity index is 0.000000550. The fourth-order valence-electron chi connectivity index (χ4n) is 4.21. The number of anilines is 2. The zero-order valence-corrected chi connectivity index (χ0v) is 31.6. The highest BCUT2D eigenvalue weighted by Gasteiger charge is 2.16. The number of nitrogens with one attached hydrogen (secondary N) is 3. The van der Waals surface area contributed by atoms with Crippen LogP contribution >= 0.6 is 11.6 Å². The van der Waals surface area contributed by atoms with Crippen LogP contribution in [0.25, 0.3) is 33.5 Å². The topological polar surface area (TPSA) is 185 Å². The monoisotopic (exact) mass is 735 g/mol. The van der Waals surface area contributed by atoms with Crippen molar-refractivity contribution < 1.29 is 23.1 Å². The number of rotatable bonds is 6. The summed E-state index contributed by atoms with van der Waals surface area (Å²) >= 11 is 6.23. The predicted molar refractivity (Wildman–Crippen MR) is 209 cm³/mol. The molecule has 0 unspecified atom stereocenters. The van der Waals surface area contributed by atoms with Gasteiger partial charge >= 0.3 is 0 Å². The molecule has 0 saturated heterocycles. The van der Waals surface area contributed by atoms with Gasteiger partial charge in [-0.1, -0.05) is 45.0 Å². The number of H-pyrrole nitrogens is 1. The van der Waals surface area contributed by atoms with Crippen LogP contribution in [0.15, 0.2) is 95.5 Å². The van der Waals surface area contributed by atoms with E-state index in [2.05, 4.69) is 62.7 Å². The molecule has 6 N–H and O–H groups in total. The second-order valence-electron chi connectivity index (χ2n) is 11.6. The Morgan fingerprint density at radius 1 is 1.08 bits per heavy atom. The molecule has 0 radical (unpaired) electrons. The van der Waals surface area contributed by atoms with Crippen LogP contribution < -0.4 is 16.4 Å². The summed E-state index contributed by atoms with van der Waals surface area (Å²) in [7, 11) is 3.49. The maximum Gasteiger partial charge on any atom is 0.255 e. The number of imidazole rings is 1. The van der Waals surface area contributed by atoms with Gasteiger partial charge < -0.3 is 31.2 Å². The molecule has 272 valence electrons. The second-order valence-corrected chi connectivity index (χ2v) is 13.9. The van der Waals surface area contributed by atoms with E-state index in [1.807, 2.05) is 20.2 Å². The van der Waals surface area contributed by atoms with Crippen molar-refractivity contribution in [2.45, 2.75) is 25.7 Å². The van der Waals surface area contributed by atoms with Crippen LogP contribution in [0, 0.1) is 5.92 Å². The number of phenols is 1. The summed E-state index contributed by atoms with van der Waals surface area (Å²) in [5.41, 5.74) is 9.70. The van der Waals surface area contributed by atoms with Crippen molar-refractivity contribution in [1.82, 2.24) is 20.3 Å². The first-order valence-corrected chi connectivity index (χ1v) is 17.9. The van der Waals surface area contributed by atoms with Crippen LogP contribution in [0.5, 0.6) is 5.75 Å². The van der Waals surface area contributed by atoms with Crippen molar-refractivity contribution in [1.29, 1.82) is 0 Å².